The van der Waals surface area contributed by atoms with Gasteiger partial charge in [-0.15, -0.1) is 0 Å². The largest absolute Gasteiger partial charge is 0.511 e. The normalized spacial score (nSPS) is 19.4. The van der Waals surface area contributed by atoms with Crippen LogP contribution in [0.2, 0.25) is 0 Å². The van der Waals surface area contributed by atoms with Crippen molar-refractivity contribution in [2.45, 2.75) is 11.9 Å². The van der Waals surface area contributed by atoms with Gasteiger partial charge in [0.2, 0.25) is 0 Å². The molecule has 0 spiro atoms. The van der Waals surface area contributed by atoms with Crippen LogP contribution in [0.4, 0.5) is 13.2 Å². The van der Waals surface area contributed by atoms with Crippen molar-refractivity contribution in [1.82, 2.24) is 10.0 Å². The zero-order chi connectivity index (χ0) is 10.8. The molecule has 0 aromatic rings. The number of halogens is 3. The van der Waals surface area contributed by atoms with E-state index in [1.165, 1.54) is 4.72 Å². The van der Waals surface area contributed by atoms with Crippen LogP contribution < -0.4 is 10.0 Å². The van der Waals surface area contributed by atoms with Gasteiger partial charge in [0, 0.05) is 6.54 Å². The summed E-state index contributed by atoms with van der Waals surface area (Å²) in [6.07, 6.45) is 0.433. The molecule has 0 radical (unpaired) electrons. The van der Waals surface area contributed by atoms with Gasteiger partial charge in [0.05, 0.1) is 0 Å². The van der Waals surface area contributed by atoms with E-state index in [1.807, 2.05) is 0 Å². The first kappa shape index (κ1) is 11.7. The van der Waals surface area contributed by atoms with Crippen molar-refractivity contribution in [3.8, 4) is 0 Å². The van der Waals surface area contributed by atoms with Gasteiger partial charge >= 0.3 is 15.5 Å². The van der Waals surface area contributed by atoms with Gasteiger partial charge in [0.25, 0.3) is 0 Å². The molecule has 0 aromatic carbocycles. The van der Waals surface area contributed by atoms with Gasteiger partial charge in [0.1, 0.15) is 0 Å². The molecule has 1 saturated heterocycles. The van der Waals surface area contributed by atoms with E-state index in [-0.39, 0.29) is 12.5 Å². The molecule has 0 saturated carbocycles. The fourth-order valence-electron chi connectivity index (χ4n) is 1.03. The summed E-state index contributed by atoms with van der Waals surface area (Å²) in [5.74, 6) is 0.283. The summed E-state index contributed by atoms with van der Waals surface area (Å²) in [5.41, 5.74) is -5.20. The molecule has 0 amide bonds. The van der Waals surface area contributed by atoms with Gasteiger partial charge in [-0.25, -0.2) is 13.1 Å². The van der Waals surface area contributed by atoms with Crippen molar-refractivity contribution < 1.29 is 21.6 Å². The second-order valence-corrected chi connectivity index (χ2v) is 4.91. The Morgan fingerprint density at radius 1 is 1.36 bits per heavy atom. The predicted molar refractivity (Wildman–Crippen MR) is 44.0 cm³/mol. The second-order valence-electron chi connectivity index (χ2n) is 3.16. The van der Waals surface area contributed by atoms with Crippen molar-refractivity contribution in [1.29, 1.82) is 0 Å². The highest BCUT2D eigenvalue weighted by atomic mass is 32.2. The third kappa shape index (κ3) is 2.82. The van der Waals surface area contributed by atoms with Crippen LogP contribution in [0.5, 0.6) is 0 Å². The van der Waals surface area contributed by atoms with E-state index in [0.717, 1.165) is 13.1 Å². The van der Waals surface area contributed by atoms with Crippen molar-refractivity contribution >= 4 is 10.0 Å². The van der Waals surface area contributed by atoms with Crippen LogP contribution in [-0.4, -0.2) is 33.6 Å². The summed E-state index contributed by atoms with van der Waals surface area (Å²) >= 11 is 0. The molecular formula is C6H11F3N2O2S. The molecule has 0 bridgehead atoms. The summed E-state index contributed by atoms with van der Waals surface area (Å²) in [4.78, 5) is 0. The molecule has 0 aliphatic carbocycles. The average Bonchev–Trinajstić information content (AvgIpc) is 1.92. The van der Waals surface area contributed by atoms with Gasteiger partial charge < -0.3 is 5.32 Å². The molecule has 4 nitrogen and oxygen atoms in total. The molecule has 1 rings (SSSR count). The molecule has 1 heterocycles. The Bertz CT molecular complexity index is 284. The first-order chi connectivity index (χ1) is 6.33. The van der Waals surface area contributed by atoms with Crippen molar-refractivity contribution in [3.63, 3.8) is 0 Å². The molecule has 0 atom stereocenters. The molecule has 8 heteroatoms. The summed E-state index contributed by atoms with van der Waals surface area (Å²) in [6, 6.07) is 0. The zero-order valence-electron chi connectivity index (χ0n) is 7.26. The predicted octanol–water partition coefficient (Wildman–Crippen LogP) is 0.0351. The van der Waals surface area contributed by atoms with Gasteiger partial charge in [-0.2, -0.15) is 13.2 Å². The lowest BCUT2D eigenvalue weighted by atomic mass is 10.00. The van der Waals surface area contributed by atoms with Gasteiger partial charge in [-0.3, -0.25) is 0 Å². The Morgan fingerprint density at radius 3 is 2.29 bits per heavy atom. The monoisotopic (exact) mass is 232 g/mol. The quantitative estimate of drug-likeness (QED) is 0.719. The molecule has 1 aliphatic heterocycles. The molecule has 1 fully saturated rings. The highest BCUT2D eigenvalue weighted by molar-refractivity contribution is 7.90. The summed E-state index contributed by atoms with van der Waals surface area (Å²) < 4.78 is 57.9. The Kier molecular flexibility index (Phi) is 3.38. The van der Waals surface area contributed by atoms with E-state index >= 15 is 0 Å². The number of rotatable bonds is 4. The Labute approximate surface area is 79.9 Å². The van der Waals surface area contributed by atoms with Crippen LogP contribution in [-0.2, 0) is 10.0 Å². The molecule has 0 aromatic heterocycles. The highest BCUT2D eigenvalue weighted by Crippen LogP contribution is 2.21. The molecule has 1 aliphatic rings. The lowest BCUT2D eigenvalue weighted by molar-refractivity contribution is -0.0448. The minimum atomic E-state index is -5.20. The minimum Gasteiger partial charge on any atom is -0.316 e. The third-order valence-electron chi connectivity index (χ3n) is 2.02. The highest BCUT2D eigenvalue weighted by Gasteiger charge is 2.45. The SMILES string of the molecule is O=S(=O)(NCCC1CNC1)C(F)(F)F. The van der Waals surface area contributed by atoms with Crippen LogP contribution in [0.3, 0.4) is 0 Å². The van der Waals surface area contributed by atoms with Crippen molar-refractivity contribution in [2.75, 3.05) is 19.6 Å². The average molecular weight is 232 g/mol. The van der Waals surface area contributed by atoms with Crippen LogP contribution >= 0.6 is 0 Å². The molecule has 2 N–H and O–H groups in total. The fourth-order valence-corrected chi connectivity index (χ4v) is 1.58. The van der Waals surface area contributed by atoms with Crippen LogP contribution in [0.1, 0.15) is 6.42 Å². The van der Waals surface area contributed by atoms with Crippen molar-refractivity contribution in [2.24, 2.45) is 5.92 Å². The van der Waals surface area contributed by atoms with E-state index in [4.69, 9.17) is 0 Å². The maximum absolute atomic E-state index is 11.8. The maximum atomic E-state index is 11.8. The lowest BCUT2D eigenvalue weighted by Gasteiger charge is -2.26. The summed E-state index contributed by atoms with van der Waals surface area (Å²) in [7, 11) is -5.15. The zero-order valence-corrected chi connectivity index (χ0v) is 8.08. The van der Waals surface area contributed by atoms with E-state index in [9.17, 15) is 21.6 Å². The Morgan fingerprint density at radius 2 is 1.93 bits per heavy atom. The van der Waals surface area contributed by atoms with Gasteiger partial charge in [0.15, 0.2) is 0 Å². The number of hydrogen-bond acceptors (Lipinski definition) is 3. The summed E-state index contributed by atoms with van der Waals surface area (Å²) in [6.45, 7) is 1.33. The molecule has 14 heavy (non-hydrogen) atoms. The van der Waals surface area contributed by atoms with E-state index in [1.54, 1.807) is 0 Å². The fraction of sp³-hybridized carbons (Fsp3) is 1.00. The van der Waals surface area contributed by atoms with Crippen molar-refractivity contribution in [3.05, 3.63) is 0 Å². The Hall–Kier alpha value is -0.340. The van der Waals surface area contributed by atoms with Crippen LogP contribution in [0.15, 0.2) is 0 Å². The summed E-state index contributed by atoms with van der Waals surface area (Å²) in [5, 5.41) is 2.94. The smallest absolute Gasteiger partial charge is 0.316 e. The van der Waals surface area contributed by atoms with E-state index < -0.39 is 15.5 Å². The van der Waals surface area contributed by atoms with E-state index in [0.29, 0.717) is 6.42 Å². The number of nitrogens with one attached hydrogen (secondary N) is 2. The van der Waals surface area contributed by atoms with E-state index in [2.05, 4.69) is 5.32 Å². The van der Waals surface area contributed by atoms with Gasteiger partial charge in [-0.1, -0.05) is 0 Å². The molecule has 0 unspecified atom stereocenters. The maximum Gasteiger partial charge on any atom is 0.511 e. The lowest BCUT2D eigenvalue weighted by Crippen LogP contribution is -2.44. The van der Waals surface area contributed by atoms with Gasteiger partial charge in [-0.05, 0) is 25.4 Å². The molecule has 84 valence electrons. The van der Waals surface area contributed by atoms with Crippen LogP contribution in [0.25, 0.3) is 0 Å². The second kappa shape index (κ2) is 4.03. The topological polar surface area (TPSA) is 58.2 Å². The molecular weight excluding hydrogens is 221 g/mol. The number of hydrogen-bond donors (Lipinski definition) is 2. The first-order valence-corrected chi connectivity index (χ1v) is 5.58. The van der Waals surface area contributed by atoms with Crippen LogP contribution in [0, 0.1) is 5.92 Å². The third-order valence-corrected chi connectivity index (χ3v) is 3.21. The number of sulfonamides is 1. The standard InChI is InChI=1S/C6H11F3N2O2S/c7-6(8,9)14(12,13)11-2-1-5-3-10-4-5/h5,10-11H,1-4H2. The number of alkyl halides is 3. The Balaban J connectivity index is 2.29. The minimum absolute atomic E-state index is 0.159. The first-order valence-electron chi connectivity index (χ1n) is 4.09.